The van der Waals surface area contributed by atoms with Gasteiger partial charge in [-0.25, -0.2) is 12.7 Å². The van der Waals surface area contributed by atoms with E-state index in [1.807, 2.05) is 0 Å². The molecule has 6 nitrogen and oxygen atoms in total. The Hall–Kier alpha value is -1.28. The summed E-state index contributed by atoms with van der Waals surface area (Å²) in [6, 6.07) is 4.92. The lowest BCUT2D eigenvalue weighted by molar-refractivity contribution is 0.0917. The van der Waals surface area contributed by atoms with E-state index in [9.17, 15) is 13.2 Å². The molecule has 1 unspecified atom stereocenters. The molecule has 2 aromatic rings. The number of sulfonamides is 1. The van der Waals surface area contributed by atoms with Crippen molar-refractivity contribution in [2.75, 3.05) is 19.3 Å². The van der Waals surface area contributed by atoms with Crippen molar-refractivity contribution in [1.29, 1.82) is 0 Å². The van der Waals surface area contributed by atoms with Crippen LogP contribution in [0.1, 0.15) is 23.3 Å². The first-order chi connectivity index (χ1) is 11.3. The Morgan fingerprint density at radius 2 is 2.12 bits per heavy atom. The minimum atomic E-state index is -3.26. The number of fused-ring (bicyclic) bond motifs is 1. The summed E-state index contributed by atoms with van der Waals surface area (Å²) in [4.78, 5) is 15.5. The van der Waals surface area contributed by atoms with Gasteiger partial charge in [0.15, 0.2) is 0 Å². The van der Waals surface area contributed by atoms with Crippen molar-refractivity contribution in [2.45, 2.75) is 18.9 Å². The number of amides is 1. The summed E-state index contributed by atoms with van der Waals surface area (Å²) in [5.41, 5.74) is 0.973. The number of halogens is 2. The maximum atomic E-state index is 12.5. The van der Waals surface area contributed by atoms with E-state index in [0.717, 1.165) is 11.9 Å². The van der Waals surface area contributed by atoms with Crippen molar-refractivity contribution in [1.82, 2.24) is 14.6 Å². The molecule has 2 heterocycles. The number of carbonyl (C=O) groups is 1. The van der Waals surface area contributed by atoms with Crippen LogP contribution in [0.4, 0.5) is 0 Å². The Kier molecular flexibility index (Phi) is 4.79. The molecule has 24 heavy (non-hydrogen) atoms. The first-order valence-electron chi connectivity index (χ1n) is 7.48. The molecular weight excluding hydrogens is 373 g/mol. The molecule has 2 N–H and O–H groups in total. The van der Waals surface area contributed by atoms with Gasteiger partial charge in [0.1, 0.15) is 5.69 Å². The van der Waals surface area contributed by atoms with E-state index in [1.54, 1.807) is 18.2 Å². The zero-order valence-corrected chi connectivity index (χ0v) is 15.3. The predicted molar refractivity (Wildman–Crippen MR) is 95.2 cm³/mol. The highest BCUT2D eigenvalue weighted by Gasteiger charge is 2.28. The van der Waals surface area contributed by atoms with Crippen molar-refractivity contribution >= 4 is 50.0 Å². The molecule has 0 radical (unpaired) electrons. The molecule has 0 saturated carbocycles. The molecule has 130 valence electrons. The van der Waals surface area contributed by atoms with Gasteiger partial charge in [0, 0.05) is 35.1 Å². The van der Waals surface area contributed by atoms with E-state index >= 15 is 0 Å². The molecule has 1 aliphatic heterocycles. The van der Waals surface area contributed by atoms with Crippen LogP contribution in [0.2, 0.25) is 10.0 Å². The third-order valence-corrected chi connectivity index (χ3v) is 6.01. The predicted octanol–water partition coefficient (Wildman–Crippen LogP) is 2.63. The number of nitrogens with one attached hydrogen (secondary N) is 2. The van der Waals surface area contributed by atoms with E-state index in [4.69, 9.17) is 23.2 Å². The van der Waals surface area contributed by atoms with Crippen molar-refractivity contribution < 1.29 is 13.2 Å². The van der Waals surface area contributed by atoms with Crippen molar-refractivity contribution in [3.63, 3.8) is 0 Å². The fourth-order valence-electron chi connectivity index (χ4n) is 2.91. The average molecular weight is 390 g/mol. The second kappa shape index (κ2) is 6.55. The van der Waals surface area contributed by atoms with Crippen molar-refractivity contribution in [2.24, 2.45) is 0 Å². The number of hydrogen-bond acceptors (Lipinski definition) is 3. The third kappa shape index (κ3) is 3.54. The molecule has 0 spiro atoms. The van der Waals surface area contributed by atoms with E-state index in [0.29, 0.717) is 28.4 Å². The van der Waals surface area contributed by atoms with Crippen molar-refractivity contribution in [3.05, 3.63) is 33.9 Å². The molecule has 0 aliphatic carbocycles. The fourth-order valence-corrected chi connectivity index (χ4v) is 4.28. The number of aromatic nitrogens is 1. The molecule has 1 saturated heterocycles. The molecular formula is C15H17Cl2N3O3S. The molecule has 1 aromatic heterocycles. The van der Waals surface area contributed by atoms with Crippen LogP contribution in [0.25, 0.3) is 10.9 Å². The summed E-state index contributed by atoms with van der Waals surface area (Å²) in [5, 5.41) is 4.38. The molecule has 1 aliphatic rings. The molecule has 1 atom stereocenters. The molecule has 9 heteroatoms. The van der Waals surface area contributed by atoms with E-state index in [2.05, 4.69) is 10.3 Å². The van der Waals surface area contributed by atoms with Crippen molar-refractivity contribution in [3.8, 4) is 0 Å². The SMILES string of the molecule is CS(=O)(=O)N1CCCC(NC(=O)c2[nH]c3ccc(Cl)cc3c2Cl)C1. The third-order valence-electron chi connectivity index (χ3n) is 4.11. The molecule has 1 fully saturated rings. The van der Waals surface area contributed by atoms with Gasteiger partial charge in [-0.15, -0.1) is 0 Å². The second-order valence-electron chi connectivity index (χ2n) is 5.94. The maximum absolute atomic E-state index is 12.5. The van der Waals surface area contributed by atoms with Gasteiger partial charge in [0.25, 0.3) is 5.91 Å². The Balaban J connectivity index is 1.79. The van der Waals surface area contributed by atoms with E-state index < -0.39 is 10.0 Å². The Morgan fingerprint density at radius 3 is 2.83 bits per heavy atom. The van der Waals surface area contributed by atoms with Crippen LogP contribution < -0.4 is 5.32 Å². The summed E-state index contributed by atoms with van der Waals surface area (Å²) in [6.45, 7) is 0.755. The number of rotatable bonds is 3. The summed E-state index contributed by atoms with van der Waals surface area (Å²) < 4.78 is 24.7. The molecule has 1 aromatic carbocycles. The minimum Gasteiger partial charge on any atom is -0.349 e. The van der Waals surface area contributed by atoms with Crippen LogP contribution in [0.15, 0.2) is 18.2 Å². The normalized spacial score (nSPS) is 19.5. The number of nitrogens with zero attached hydrogens (tertiary/aromatic N) is 1. The molecule has 0 bridgehead atoms. The number of hydrogen-bond donors (Lipinski definition) is 2. The van der Waals surface area contributed by atoms with Crippen LogP contribution >= 0.6 is 23.2 Å². The Labute approximate surface area is 150 Å². The van der Waals surface area contributed by atoms with Crippen LogP contribution in [0, 0.1) is 0 Å². The van der Waals surface area contributed by atoms with Gasteiger partial charge in [-0.3, -0.25) is 4.79 Å². The van der Waals surface area contributed by atoms with Gasteiger partial charge >= 0.3 is 0 Å². The van der Waals surface area contributed by atoms with Gasteiger partial charge in [-0.2, -0.15) is 0 Å². The zero-order valence-electron chi connectivity index (χ0n) is 13.0. The number of H-pyrrole nitrogens is 1. The van der Waals surface area contributed by atoms with Crippen LogP contribution in [0.5, 0.6) is 0 Å². The quantitative estimate of drug-likeness (QED) is 0.846. The van der Waals surface area contributed by atoms with Gasteiger partial charge in [-0.05, 0) is 31.0 Å². The van der Waals surface area contributed by atoms with E-state index in [-0.39, 0.29) is 24.2 Å². The lowest BCUT2D eigenvalue weighted by Gasteiger charge is -2.31. The number of aromatic amines is 1. The lowest BCUT2D eigenvalue weighted by atomic mass is 10.1. The number of carbonyl (C=O) groups excluding carboxylic acids is 1. The smallest absolute Gasteiger partial charge is 0.269 e. The fraction of sp³-hybridized carbons (Fsp3) is 0.400. The van der Waals surface area contributed by atoms with Crippen LogP contribution in [-0.4, -0.2) is 49.0 Å². The van der Waals surface area contributed by atoms with E-state index in [1.165, 1.54) is 10.6 Å². The highest BCUT2D eigenvalue weighted by atomic mass is 35.5. The van der Waals surface area contributed by atoms with Crippen LogP contribution in [0.3, 0.4) is 0 Å². The first-order valence-corrected chi connectivity index (χ1v) is 10.1. The maximum Gasteiger partial charge on any atom is 0.269 e. The van der Waals surface area contributed by atoms with Gasteiger partial charge in [-0.1, -0.05) is 23.2 Å². The Bertz CT molecular complexity index is 895. The number of piperidine rings is 1. The lowest BCUT2D eigenvalue weighted by Crippen LogP contribution is -2.49. The topological polar surface area (TPSA) is 82.3 Å². The second-order valence-corrected chi connectivity index (χ2v) is 8.73. The highest BCUT2D eigenvalue weighted by Crippen LogP contribution is 2.29. The van der Waals surface area contributed by atoms with Gasteiger partial charge < -0.3 is 10.3 Å². The standard InChI is InChI=1S/C15H17Cl2N3O3S/c1-24(22,23)20-6-2-3-10(8-20)18-15(21)14-13(17)11-7-9(16)4-5-12(11)19-14/h4-5,7,10,19H,2-3,6,8H2,1H3,(H,18,21). The molecule has 3 rings (SSSR count). The van der Waals surface area contributed by atoms with Crippen LogP contribution in [-0.2, 0) is 10.0 Å². The average Bonchev–Trinajstić information content (AvgIpc) is 2.84. The largest absolute Gasteiger partial charge is 0.349 e. The summed E-state index contributed by atoms with van der Waals surface area (Å²) in [5.74, 6) is -0.354. The van der Waals surface area contributed by atoms with Gasteiger partial charge in [0.05, 0.1) is 11.3 Å². The summed E-state index contributed by atoms with van der Waals surface area (Å²) in [6.07, 6.45) is 2.60. The highest BCUT2D eigenvalue weighted by molar-refractivity contribution is 7.88. The zero-order chi connectivity index (χ0) is 17.5. The Morgan fingerprint density at radius 1 is 1.38 bits per heavy atom. The number of benzene rings is 1. The summed E-state index contributed by atoms with van der Waals surface area (Å²) >= 11 is 12.2. The molecule has 1 amide bonds. The minimum absolute atomic E-state index is 0.243. The van der Waals surface area contributed by atoms with Gasteiger partial charge in [0.2, 0.25) is 10.0 Å². The summed E-state index contributed by atoms with van der Waals surface area (Å²) in [7, 11) is -3.26. The monoisotopic (exact) mass is 389 g/mol. The first kappa shape index (κ1) is 17.5.